The molecule has 146 valence electrons. The van der Waals surface area contributed by atoms with Crippen LogP contribution in [0.4, 0.5) is 4.79 Å². The van der Waals surface area contributed by atoms with Crippen LogP contribution in [0.2, 0.25) is 0 Å². The van der Waals surface area contributed by atoms with E-state index in [0.717, 1.165) is 45.4 Å². The fourth-order valence-corrected chi connectivity index (χ4v) is 3.90. The molecule has 2 aliphatic heterocycles. The SMILES string of the molecule is COc1ccc([C@H]2CCC[NH+]2CN2C(=O)C(=O)N(C(C)C)C2=O)c(OC)c1. The number of carbonyl (C=O) groups is 3. The van der Waals surface area contributed by atoms with Gasteiger partial charge in [-0.3, -0.25) is 14.5 Å². The van der Waals surface area contributed by atoms with Crippen LogP contribution in [-0.4, -0.2) is 61.1 Å². The van der Waals surface area contributed by atoms with Crippen LogP contribution in [0, 0.1) is 0 Å². The minimum absolute atomic E-state index is 0.0784. The fourth-order valence-electron chi connectivity index (χ4n) is 3.90. The summed E-state index contributed by atoms with van der Waals surface area (Å²) in [5.74, 6) is -0.0587. The Hall–Kier alpha value is -2.61. The summed E-state index contributed by atoms with van der Waals surface area (Å²) in [7, 11) is 3.21. The van der Waals surface area contributed by atoms with Crippen molar-refractivity contribution in [1.82, 2.24) is 9.80 Å². The van der Waals surface area contributed by atoms with Gasteiger partial charge in [0, 0.05) is 24.9 Å². The van der Waals surface area contributed by atoms with Gasteiger partial charge in [0.15, 0.2) is 6.67 Å². The summed E-state index contributed by atoms with van der Waals surface area (Å²) in [6.45, 7) is 4.43. The van der Waals surface area contributed by atoms with Gasteiger partial charge in [-0.1, -0.05) is 0 Å². The number of hydrogen-bond acceptors (Lipinski definition) is 5. The fraction of sp³-hybridized carbons (Fsp3) is 0.526. The van der Waals surface area contributed by atoms with Gasteiger partial charge in [-0.05, 0) is 26.0 Å². The van der Waals surface area contributed by atoms with Crippen molar-refractivity contribution in [2.75, 3.05) is 27.4 Å². The predicted octanol–water partition coefficient (Wildman–Crippen LogP) is 0.580. The first-order valence-corrected chi connectivity index (χ1v) is 9.14. The smallest absolute Gasteiger partial charge is 0.338 e. The van der Waals surface area contributed by atoms with Crippen molar-refractivity contribution in [3.63, 3.8) is 0 Å². The molecule has 0 bridgehead atoms. The molecule has 1 aromatic rings. The molecule has 0 aliphatic carbocycles. The van der Waals surface area contributed by atoms with E-state index in [0.29, 0.717) is 5.75 Å². The van der Waals surface area contributed by atoms with Gasteiger partial charge in [0.2, 0.25) is 0 Å². The minimum Gasteiger partial charge on any atom is -0.497 e. The molecule has 2 fully saturated rings. The molecule has 2 heterocycles. The van der Waals surface area contributed by atoms with Crippen molar-refractivity contribution in [1.29, 1.82) is 0 Å². The highest BCUT2D eigenvalue weighted by Gasteiger charge is 2.48. The van der Waals surface area contributed by atoms with E-state index >= 15 is 0 Å². The van der Waals surface area contributed by atoms with Crippen LogP contribution in [-0.2, 0) is 9.59 Å². The number of benzene rings is 1. The summed E-state index contributed by atoms with van der Waals surface area (Å²) in [6.07, 6.45) is 1.88. The number of nitrogens with zero attached hydrogens (tertiary/aromatic N) is 2. The van der Waals surface area contributed by atoms with Gasteiger partial charge < -0.3 is 14.4 Å². The third kappa shape index (κ3) is 3.37. The highest BCUT2D eigenvalue weighted by Crippen LogP contribution is 2.31. The molecule has 0 aromatic heterocycles. The summed E-state index contributed by atoms with van der Waals surface area (Å²) in [6, 6.07) is 4.89. The largest absolute Gasteiger partial charge is 0.497 e. The average Bonchev–Trinajstić information content (AvgIpc) is 3.19. The number of amides is 4. The number of ether oxygens (including phenoxy) is 2. The van der Waals surface area contributed by atoms with E-state index in [1.165, 1.54) is 0 Å². The lowest BCUT2D eigenvalue weighted by molar-refractivity contribution is -0.925. The average molecular weight is 376 g/mol. The third-order valence-corrected chi connectivity index (χ3v) is 5.26. The second-order valence-corrected chi connectivity index (χ2v) is 7.15. The lowest BCUT2D eigenvalue weighted by atomic mass is 10.0. The Morgan fingerprint density at radius 3 is 2.48 bits per heavy atom. The Morgan fingerprint density at radius 1 is 1.15 bits per heavy atom. The second-order valence-electron chi connectivity index (χ2n) is 7.15. The van der Waals surface area contributed by atoms with E-state index in [1.54, 1.807) is 28.1 Å². The lowest BCUT2D eigenvalue weighted by Gasteiger charge is -2.26. The number of rotatable bonds is 6. The van der Waals surface area contributed by atoms with E-state index in [4.69, 9.17) is 9.47 Å². The zero-order valence-electron chi connectivity index (χ0n) is 16.2. The summed E-state index contributed by atoms with van der Waals surface area (Å²) >= 11 is 0. The Kier molecular flexibility index (Phi) is 5.36. The van der Waals surface area contributed by atoms with E-state index in [9.17, 15) is 14.4 Å². The molecule has 1 unspecified atom stereocenters. The second kappa shape index (κ2) is 7.56. The maximum atomic E-state index is 12.6. The Labute approximate surface area is 158 Å². The molecule has 1 aromatic carbocycles. The van der Waals surface area contributed by atoms with Crippen molar-refractivity contribution in [3.05, 3.63) is 23.8 Å². The summed E-state index contributed by atoms with van der Waals surface area (Å²) in [5.41, 5.74) is 1.01. The highest BCUT2D eigenvalue weighted by atomic mass is 16.5. The van der Waals surface area contributed by atoms with Crippen LogP contribution in [0.15, 0.2) is 18.2 Å². The Balaban J connectivity index is 1.83. The molecule has 27 heavy (non-hydrogen) atoms. The molecule has 0 spiro atoms. The normalized spacial score (nSPS) is 22.9. The van der Waals surface area contributed by atoms with Crippen molar-refractivity contribution < 1.29 is 28.8 Å². The van der Waals surface area contributed by atoms with Gasteiger partial charge in [-0.25, -0.2) is 9.69 Å². The zero-order valence-corrected chi connectivity index (χ0v) is 16.2. The van der Waals surface area contributed by atoms with Crippen LogP contribution < -0.4 is 14.4 Å². The highest BCUT2D eigenvalue weighted by molar-refractivity contribution is 6.44. The van der Waals surface area contributed by atoms with E-state index in [1.807, 2.05) is 18.2 Å². The third-order valence-electron chi connectivity index (χ3n) is 5.26. The Bertz CT molecular complexity index is 764. The number of imide groups is 2. The molecule has 1 N–H and O–H groups in total. The van der Waals surface area contributed by atoms with Gasteiger partial charge in [0.25, 0.3) is 0 Å². The van der Waals surface area contributed by atoms with Crippen LogP contribution in [0.25, 0.3) is 0 Å². The molecule has 2 saturated heterocycles. The predicted molar refractivity (Wildman–Crippen MR) is 96.4 cm³/mol. The standard InChI is InChI=1S/C19H25N3O5/c1-12(2)22-18(24)17(23)21(19(22)25)11-20-9-5-6-15(20)14-8-7-13(26-3)10-16(14)27-4/h7-8,10,12,15H,5-6,9,11H2,1-4H3/p+1/t15-/m1/s1. The number of nitrogens with one attached hydrogen (secondary N) is 1. The van der Waals surface area contributed by atoms with E-state index in [-0.39, 0.29) is 18.8 Å². The molecule has 0 radical (unpaired) electrons. The summed E-state index contributed by atoms with van der Waals surface area (Å²) in [4.78, 5) is 40.2. The van der Waals surface area contributed by atoms with Crippen molar-refractivity contribution in [2.45, 2.75) is 38.8 Å². The topological polar surface area (TPSA) is 80.6 Å². The first-order chi connectivity index (χ1) is 12.9. The lowest BCUT2D eigenvalue weighted by Crippen LogP contribution is -3.12. The minimum atomic E-state index is -0.743. The van der Waals surface area contributed by atoms with Gasteiger partial charge in [0.05, 0.1) is 26.3 Å². The van der Waals surface area contributed by atoms with Crippen molar-refractivity contribution in [2.24, 2.45) is 0 Å². The number of methoxy groups -OCH3 is 2. The molecular formula is C19H26N3O5+. The molecule has 2 atom stereocenters. The Morgan fingerprint density at radius 2 is 1.89 bits per heavy atom. The van der Waals surface area contributed by atoms with Gasteiger partial charge in [-0.2, -0.15) is 0 Å². The van der Waals surface area contributed by atoms with E-state index < -0.39 is 17.8 Å². The van der Waals surface area contributed by atoms with Crippen LogP contribution in [0.3, 0.4) is 0 Å². The van der Waals surface area contributed by atoms with Crippen molar-refractivity contribution >= 4 is 17.8 Å². The van der Waals surface area contributed by atoms with Gasteiger partial charge in [0.1, 0.15) is 17.5 Å². The number of hydrogen-bond donors (Lipinski definition) is 1. The monoisotopic (exact) mass is 376 g/mol. The first-order valence-electron chi connectivity index (χ1n) is 9.14. The number of carbonyl (C=O) groups excluding carboxylic acids is 3. The molecule has 8 heteroatoms. The van der Waals surface area contributed by atoms with Crippen LogP contribution in [0.5, 0.6) is 11.5 Å². The maximum Gasteiger partial charge on any atom is 0.338 e. The first kappa shape index (κ1) is 19.2. The maximum absolute atomic E-state index is 12.6. The molecule has 8 nitrogen and oxygen atoms in total. The molecular weight excluding hydrogens is 350 g/mol. The van der Waals surface area contributed by atoms with Gasteiger partial charge >= 0.3 is 17.8 Å². The van der Waals surface area contributed by atoms with Gasteiger partial charge in [-0.15, -0.1) is 0 Å². The van der Waals surface area contributed by atoms with Crippen LogP contribution >= 0.6 is 0 Å². The zero-order chi connectivity index (χ0) is 19.7. The molecule has 2 aliphatic rings. The number of quaternary nitrogens is 1. The van der Waals surface area contributed by atoms with Crippen LogP contribution in [0.1, 0.15) is 38.3 Å². The number of likely N-dealkylation sites (tertiary alicyclic amines) is 1. The number of urea groups is 1. The molecule has 4 amide bonds. The molecule has 0 saturated carbocycles. The summed E-state index contributed by atoms with van der Waals surface area (Å²) in [5, 5.41) is 0. The van der Waals surface area contributed by atoms with Crippen molar-refractivity contribution in [3.8, 4) is 11.5 Å². The quantitative estimate of drug-likeness (QED) is 0.580. The molecule has 3 rings (SSSR count). The van der Waals surface area contributed by atoms with E-state index in [2.05, 4.69) is 0 Å². The summed E-state index contributed by atoms with van der Waals surface area (Å²) < 4.78 is 10.8.